The highest BCUT2D eigenvalue weighted by molar-refractivity contribution is 6.03. The van der Waals surface area contributed by atoms with Crippen molar-refractivity contribution in [3.8, 4) is 0 Å². The van der Waals surface area contributed by atoms with Gasteiger partial charge in [-0.15, -0.1) is 0 Å². The Balaban J connectivity index is 2.12. The molecule has 0 aliphatic heterocycles. The number of amides is 1. The van der Waals surface area contributed by atoms with Crippen molar-refractivity contribution in [2.24, 2.45) is 0 Å². The molecule has 1 amide bonds. The van der Waals surface area contributed by atoms with Crippen LogP contribution in [0.25, 0.3) is 0 Å². The zero-order chi connectivity index (χ0) is 15.9. The topological polar surface area (TPSA) is 66.9 Å². The molecular formula is C17H22N4O. The number of hydrogen-bond acceptors (Lipinski definition) is 4. The molecule has 0 aliphatic carbocycles. The van der Waals surface area contributed by atoms with E-state index in [1.54, 1.807) is 13.0 Å². The van der Waals surface area contributed by atoms with Gasteiger partial charge in [-0.2, -0.15) is 0 Å². The van der Waals surface area contributed by atoms with Crippen LogP contribution in [-0.4, -0.2) is 22.4 Å². The van der Waals surface area contributed by atoms with Crippen LogP contribution in [0.4, 0.5) is 11.5 Å². The van der Waals surface area contributed by atoms with E-state index in [4.69, 9.17) is 0 Å². The summed E-state index contributed by atoms with van der Waals surface area (Å²) in [7, 11) is 0. The van der Waals surface area contributed by atoms with Crippen LogP contribution in [0, 0.1) is 6.92 Å². The fourth-order valence-electron chi connectivity index (χ4n) is 2.05. The molecule has 0 bridgehead atoms. The van der Waals surface area contributed by atoms with Crippen LogP contribution in [0.2, 0.25) is 0 Å². The van der Waals surface area contributed by atoms with Crippen molar-refractivity contribution < 1.29 is 4.79 Å². The van der Waals surface area contributed by atoms with Crippen LogP contribution >= 0.6 is 0 Å². The standard InChI is InChI=1S/C17H22N4O/c1-4-10-18-16-11-15(19-12(3)20-16)17(22)21-14-8-6-13(5-2)7-9-14/h6-9,11H,4-5,10H2,1-3H3,(H,21,22)(H,18,19,20). The van der Waals surface area contributed by atoms with Gasteiger partial charge in [-0.3, -0.25) is 4.79 Å². The Hall–Kier alpha value is -2.43. The SMILES string of the molecule is CCCNc1cc(C(=O)Nc2ccc(CC)cc2)nc(C)n1. The van der Waals surface area contributed by atoms with Crippen molar-refractivity contribution in [1.29, 1.82) is 0 Å². The van der Waals surface area contributed by atoms with Gasteiger partial charge in [0.25, 0.3) is 5.91 Å². The number of carbonyl (C=O) groups excluding carboxylic acids is 1. The van der Waals surface area contributed by atoms with Crippen LogP contribution in [-0.2, 0) is 6.42 Å². The summed E-state index contributed by atoms with van der Waals surface area (Å²) in [6, 6.07) is 9.50. The van der Waals surface area contributed by atoms with Gasteiger partial charge in [0.1, 0.15) is 17.3 Å². The molecule has 2 N–H and O–H groups in total. The Morgan fingerprint density at radius 1 is 1.14 bits per heavy atom. The van der Waals surface area contributed by atoms with E-state index in [2.05, 4.69) is 34.4 Å². The lowest BCUT2D eigenvalue weighted by molar-refractivity contribution is 0.102. The third-order valence-electron chi connectivity index (χ3n) is 3.25. The van der Waals surface area contributed by atoms with E-state index in [1.165, 1.54) is 5.56 Å². The zero-order valence-electron chi connectivity index (χ0n) is 13.3. The summed E-state index contributed by atoms with van der Waals surface area (Å²) in [6.07, 6.45) is 1.97. The summed E-state index contributed by atoms with van der Waals surface area (Å²) in [5, 5.41) is 6.04. The quantitative estimate of drug-likeness (QED) is 0.857. The zero-order valence-corrected chi connectivity index (χ0v) is 13.3. The number of benzene rings is 1. The van der Waals surface area contributed by atoms with Crippen LogP contribution in [0.5, 0.6) is 0 Å². The summed E-state index contributed by atoms with van der Waals surface area (Å²) in [5.74, 6) is 1.03. The lowest BCUT2D eigenvalue weighted by Crippen LogP contribution is -2.16. The molecule has 1 aromatic heterocycles. The Morgan fingerprint density at radius 2 is 1.86 bits per heavy atom. The molecule has 0 atom stereocenters. The fraction of sp³-hybridized carbons (Fsp3) is 0.353. The van der Waals surface area contributed by atoms with E-state index in [9.17, 15) is 4.79 Å². The van der Waals surface area contributed by atoms with Gasteiger partial charge in [0.2, 0.25) is 0 Å². The second-order valence-corrected chi connectivity index (χ2v) is 5.12. The normalized spacial score (nSPS) is 10.3. The maximum absolute atomic E-state index is 12.3. The van der Waals surface area contributed by atoms with Gasteiger partial charge in [0.15, 0.2) is 0 Å². The van der Waals surface area contributed by atoms with Gasteiger partial charge in [-0.05, 0) is 37.5 Å². The number of rotatable bonds is 6. The molecule has 0 aliphatic rings. The molecule has 116 valence electrons. The molecule has 5 heteroatoms. The molecule has 1 aromatic carbocycles. The highest BCUT2D eigenvalue weighted by Gasteiger charge is 2.10. The van der Waals surface area contributed by atoms with Gasteiger partial charge in [0, 0.05) is 18.3 Å². The van der Waals surface area contributed by atoms with Crippen molar-refractivity contribution in [3.05, 3.63) is 47.4 Å². The van der Waals surface area contributed by atoms with Crippen LogP contribution in [0.3, 0.4) is 0 Å². The first kappa shape index (κ1) is 15.9. The van der Waals surface area contributed by atoms with Crippen LogP contribution < -0.4 is 10.6 Å². The molecule has 0 radical (unpaired) electrons. The number of anilines is 2. The minimum absolute atomic E-state index is 0.228. The van der Waals surface area contributed by atoms with E-state index in [-0.39, 0.29) is 5.91 Å². The van der Waals surface area contributed by atoms with Crippen molar-refractivity contribution in [2.45, 2.75) is 33.6 Å². The van der Waals surface area contributed by atoms with Crippen LogP contribution in [0.15, 0.2) is 30.3 Å². The number of nitrogens with zero attached hydrogens (tertiary/aromatic N) is 2. The third kappa shape index (κ3) is 4.28. The molecule has 0 unspecified atom stereocenters. The number of aromatic nitrogens is 2. The monoisotopic (exact) mass is 298 g/mol. The smallest absolute Gasteiger partial charge is 0.274 e. The third-order valence-corrected chi connectivity index (χ3v) is 3.25. The molecule has 5 nitrogen and oxygen atoms in total. The highest BCUT2D eigenvalue weighted by atomic mass is 16.1. The maximum atomic E-state index is 12.3. The van der Waals surface area contributed by atoms with Gasteiger partial charge in [-0.1, -0.05) is 26.0 Å². The lowest BCUT2D eigenvalue weighted by Gasteiger charge is -2.09. The lowest BCUT2D eigenvalue weighted by atomic mass is 10.1. The first-order valence-corrected chi connectivity index (χ1v) is 7.62. The van der Waals surface area contributed by atoms with Crippen molar-refractivity contribution in [1.82, 2.24) is 9.97 Å². The second-order valence-electron chi connectivity index (χ2n) is 5.12. The Morgan fingerprint density at radius 3 is 2.50 bits per heavy atom. The first-order chi connectivity index (χ1) is 10.6. The van der Waals surface area contributed by atoms with Crippen molar-refractivity contribution in [2.75, 3.05) is 17.2 Å². The second kappa shape index (κ2) is 7.54. The number of aryl methyl sites for hydroxylation is 2. The van der Waals surface area contributed by atoms with E-state index < -0.39 is 0 Å². The Labute approximate surface area is 131 Å². The van der Waals surface area contributed by atoms with E-state index in [0.29, 0.717) is 17.3 Å². The summed E-state index contributed by atoms with van der Waals surface area (Å²) >= 11 is 0. The molecule has 2 aromatic rings. The van der Waals surface area contributed by atoms with Gasteiger partial charge < -0.3 is 10.6 Å². The van der Waals surface area contributed by atoms with E-state index >= 15 is 0 Å². The Bertz CT molecular complexity index is 638. The largest absolute Gasteiger partial charge is 0.370 e. The summed E-state index contributed by atoms with van der Waals surface area (Å²) in [5.41, 5.74) is 2.37. The van der Waals surface area contributed by atoms with Crippen LogP contribution in [0.1, 0.15) is 42.1 Å². The van der Waals surface area contributed by atoms with Gasteiger partial charge in [0.05, 0.1) is 0 Å². The minimum atomic E-state index is -0.228. The maximum Gasteiger partial charge on any atom is 0.274 e. The summed E-state index contributed by atoms with van der Waals surface area (Å²) in [6.45, 7) is 6.77. The predicted molar refractivity (Wildman–Crippen MR) is 89.3 cm³/mol. The van der Waals surface area contributed by atoms with E-state index in [1.807, 2.05) is 24.3 Å². The molecule has 0 spiro atoms. The molecular weight excluding hydrogens is 276 g/mol. The molecule has 22 heavy (non-hydrogen) atoms. The van der Waals surface area contributed by atoms with Gasteiger partial charge in [-0.25, -0.2) is 9.97 Å². The number of hydrogen-bond donors (Lipinski definition) is 2. The molecule has 0 fully saturated rings. The van der Waals surface area contributed by atoms with Crippen molar-refractivity contribution in [3.63, 3.8) is 0 Å². The average Bonchev–Trinajstić information content (AvgIpc) is 2.53. The average molecular weight is 298 g/mol. The molecule has 2 rings (SSSR count). The van der Waals surface area contributed by atoms with Crippen molar-refractivity contribution >= 4 is 17.4 Å². The number of carbonyl (C=O) groups is 1. The summed E-state index contributed by atoms with van der Waals surface area (Å²) in [4.78, 5) is 20.8. The molecule has 1 heterocycles. The molecule has 0 saturated carbocycles. The van der Waals surface area contributed by atoms with E-state index in [0.717, 1.165) is 25.1 Å². The predicted octanol–water partition coefficient (Wildman–Crippen LogP) is 3.42. The fourth-order valence-corrected chi connectivity index (χ4v) is 2.05. The van der Waals surface area contributed by atoms with Gasteiger partial charge >= 0.3 is 0 Å². The highest BCUT2D eigenvalue weighted by Crippen LogP contribution is 2.13. The Kier molecular flexibility index (Phi) is 5.47. The summed E-state index contributed by atoms with van der Waals surface area (Å²) < 4.78 is 0. The number of nitrogens with one attached hydrogen (secondary N) is 2. The minimum Gasteiger partial charge on any atom is -0.370 e. The first-order valence-electron chi connectivity index (χ1n) is 7.62. The molecule has 0 saturated heterocycles.